The van der Waals surface area contributed by atoms with Gasteiger partial charge in [0.25, 0.3) is 0 Å². The summed E-state index contributed by atoms with van der Waals surface area (Å²) in [6.07, 6.45) is -4.37. The quantitative estimate of drug-likeness (QED) is 0.820. The van der Waals surface area contributed by atoms with Crippen molar-refractivity contribution in [2.24, 2.45) is 5.73 Å². The van der Waals surface area contributed by atoms with Crippen molar-refractivity contribution in [1.29, 1.82) is 0 Å². The lowest BCUT2D eigenvalue weighted by molar-refractivity contribution is -0.137. The van der Waals surface area contributed by atoms with Gasteiger partial charge in [0.15, 0.2) is 0 Å². The largest absolute Gasteiger partial charge is 0.416 e. The first kappa shape index (κ1) is 13.5. The van der Waals surface area contributed by atoms with Crippen LogP contribution in [0.2, 0.25) is 0 Å². The molecule has 0 radical (unpaired) electrons. The predicted molar refractivity (Wildman–Crippen MR) is 64.7 cm³/mol. The molecule has 0 fully saturated rings. The van der Waals surface area contributed by atoms with Gasteiger partial charge < -0.3 is 5.73 Å². The molecule has 100 valence electrons. The molecule has 5 heteroatoms. The first-order valence-electron chi connectivity index (χ1n) is 5.57. The van der Waals surface area contributed by atoms with Gasteiger partial charge in [0.1, 0.15) is 5.82 Å². The molecule has 19 heavy (non-hydrogen) atoms. The number of rotatable bonds is 2. The minimum Gasteiger partial charge on any atom is -0.326 e. The van der Waals surface area contributed by atoms with Gasteiger partial charge in [0.05, 0.1) is 5.56 Å². The summed E-state index contributed by atoms with van der Waals surface area (Å²) >= 11 is 0. The van der Waals surface area contributed by atoms with Crippen LogP contribution in [0.25, 0.3) is 11.1 Å². The van der Waals surface area contributed by atoms with Gasteiger partial charge in [-0.25, -0.2) is 4.39 Å². The monoisotopic (exact) mass is 269 g/mol. The summed E-state index contributed by atoms with van der Waals surface area (Å²) in [5, 5.41) is 0. The maximum Gasteiger partial charge on any atom is 0.416 e. The van der Waals surface area contributed by atoms with Crippen LogP contribution in [0.1, 0.15) is 11.1 Å². The average Bonchev–Trinajstić information content (AvgIpc) is 2.37. The highest BCUT2D eigenvalue weighted by Crippen LogP contribution is 2.31. The van der Waals surface area contributed by atoms with E-state index in [0.717, 1.165) is 12.1 Å². The maximum atomic E-state index is 13.3. The van der Waals surface area contributed by atoms with E-state index in [9.17, 15) is 17.6 Å². The fraction of sp³-hybridized carbons (Fsp3) is 0.143. The number of hydrogen-bond donors (Lipinski definition) is 1. The summed E-state index contributed by atoms with van der Waals surface area (Å²) in [7, 11) is 0. The van der Waals surface area contributed by atoms with Crippen molar-refractivity contribution >= 4 is 0 Å². The summed E-state index contributed by atoms with van der Waals surface area (Å²) < 4.78 is 50.6. The van der Waals surface area contributed by atoms with Crippen molar-refractivity contribution in [2.45, 2.75) is 12.7 Å². The Balaban J connectivity index is 2.40. The summed E-state index contributed by atoms with van der Waals surface area (Å²) in [6.45, 7) is 0.172. The maximum absolute atomic E-state index is 13.3. The minimum atomic E-state index is -4.37. The van der Waals surface area contributed by atoms with Crippen molar-refractivity contribution < 1.29 is 17.6 Å². The highest BCUT2D eigenvalue weighted by Gasteiger charge is 2.29. The zero-order valence-corrected chi connectivity index (χ0v) is 9.84. The first-order valence-corrected chi connectivity index (χ1v) is 5.57. The van der Waals surface area contributed by atoms with Crippen molar-refractivity contribution in [3.63, 3.8) is 0 Å². The van der Waals surface area contributed by atoms with Crippen LogP contribution in [0.5, 0.6) is 0 Å². The lowest BCUT2D eigenvalue weighted by atomic mass is 10.0. The highest BCUT2D eigenvalue weighted by atomic mass is 19.4. The topological polar surface area (TPSA) is 26.0 Å². The normalized spacial score (nSPS) is 11.6. The van der Waals surface area contributed by atoms with Gasteiger partial charge in [-0.15, -0.1) is 0 Å². The molecule has 0 unspecified atom stereocenters. The Labute approximate surface area is 107 Å². The zero-order valence-electron chi connectivity index (χ0n) is 9.84. The van der Waals surface area contributed by atoms with E-state index in [4.69, 9.17) is 5.73 Å². The molecule has 0 aliphatic rings. The van der Waals surface area contributed by atoms with Crippen molar-refractivity contribution in [1.82, 2.24) is 0 Å². The molecule has 1 nitrogen and oxygen atoms in total. The molecule has 0 saturated heterocycles. The molecule has 2 rings (SSSR count). The van der Waals surface area contributed by atoms with Crippen LogP contribution in [0, 0.1) is 5.82 Å². The Morgan fingerprint density at radius 1 is 0.895 bits per heavy atom. The second-order valence-corrected chi connectivity index (χ2v) is 4.13. The van der Waals surface area contributed by atoms with Crippen LogP contribution in [0.4, 0.5) is 17.6 Å². The van der Waals surface area contributed by atoms with E-state index < -0.39 is 17.6 Å². The van der Waals surface area contributed by atoms with E-state index >= 15 is 0 Å². The molecule has 0 spiro atoms. The van der Waals surface area contributed by atoms with Crippen molar-refractivity contribution in [3.8, 4) is 11.1 Å². The number of benzene rings is 2. The van der Waals surface area contributed by atoms with Crippen LogP contribution in [0.3, 0.4) is 0 Å². The summed E-state index contributed by atoms with van der Waals surface area (Å²) in [5.41, 5.74) is 6.32. The highest BCUT2D eigenvalue weighted by molar-refractivity contribution is 5.64. The third-order valence-electron chi connectivity index (χ3n) is 2.74. The fourth-order valence-corrected chi connectivity index (χ4v) is 1.79. The number of nitrogens with two attached hydrogens (primary N) is 1. The van der Waals surface area contributed by atoms with Crippen LogP contribution in [-0.2, 0) is 12.7 Å². The molecular formula is C14H11F4N. The SMILES string of the molecule is NCc1cc(F)cc(-c2ccc(C(F)(F)F)cc2)c1. The Hall–Kier alpha value is -1.88. The summed E-state index contributed by atoms with van der Waals surface area (Å²) in [5.74, 6) is -0.460. The lowest BCUT2D eigenvalue weighted by Crippen LogP contribution is -2.04. The van der Waals surface area contributed by atoms with Gasteiger partial charge in [-0.3, -0.25) is 0 Å². The molecule has 2 aromatic carbocycles. The Bertz CT molecular complexity index is 573. The molecule has 0 aliphatic heterocycles. The molecule has 0 heterocycles. The van der Waals surface area contributed by atoms with Gasteiger partial charge in [-0.05, 0) is 47.0 Å². The van der Waals surface area contributed by atoms with Gasteiger partial charge in [-0.1, -0.05) is 12.1 Å². The van der Waals surface area contributed by atoms with Crippen LogP contribution >= 0.6 is 0 Å². The minimum absolute atomic E-state index is 0.172. The van der Waals surface area contributed by atoms with Crippen molar-refractivity contribution in [2.75, 3.05) is 0 Å². The third-order valence-corrected chi connectivity index (χ3v) is 2.74. The van der Waals surface area contributed by atoms with E-state index in [1.807, 2.05) is 0 Å². The van der Waals surface area contributed by atoms with Crippen LogP contribution in [0.15, 0.2) is 42.5 Å². The first-order chi connectivity index (χ1) is 8.90. The van der Waals surface area contributed by atoms with E-state index in [1.165, 1.54) is 24.3 Å². The number of alkyl halides is 3. The number of halogens is 4. The molecule has 0 bridgehead atoms. The summed E-state index contributed by atoms with van der Waals surface area (Å²) in [4.78, 5) is 0. The number of hydrogen-bond acceptors (Lipinski definition) is 1. The second kappa shape index (κ2) is 5.01. The predicted octanol–water partition coefficient (Wildman–Crippen LogP) is 3.97. The van der Waals surface area contributed by atoms with E-state index in [2.05, 4.69) is 0 Å². The van der Waals surface area contributed by atoms with Gasteiger partial charge >= 0.3 is 6.18 Å². The fourth-order valence-electron chi connectivity index (χ4n) is 1.79. The molecule has 2 N–H and O–H groups in total. The molecular weight excluding hydrogens is 258 g/mol. The zero-order chi connectivity index (χ0) is 14.0. The molecule has 0 aliphatic carbocycles. The van der Waals surface area contributed by atoms with E-state index in [1.54, 1.807) is 6.07 Å². The Morgan fingerprint density at radius 2 is 1.53 bits per heavy atom. The molecule has 2 aromatic rings. The average molecular weight is 269 g/mol. The Morgan fingerprint density at radius 3 is 2.05 bits per heavy atom. The second-order valence-electron chi connectivity index (χ2n) is 4.13. The molecule has 0 aromatic heterocycles. The molecule has 0 amide bonds. The molecule has 0 saturated carbocycles. The smallest absolute Gasteiger partial charge is 0.326 e. The summed E-state index contributed by atoms with van der Waals surface area (Å²) in [6, 6.07) is 8.81. The Kier molecular flexibility index (Phi) is 3.57. The molecule has 0 atom stereocenters. The van der Waals surface area contributed by atoms with Crippen molar-refractivity contribution in [3.05, 3.63) is 59.4 Å². The van der Waals surface area contributed by atoms with E-state index in [0.29, 0.717) is 16.7 Å². The van der Waals surface area contributed by atoms with Crippen LogP contribution < -0.4 is 5.73 Å². The van der Waals surface area contributed by atoms with Crippen LogP contribution in [-0.4, -0.2) is 0 Å². The third kappa shape index (κ3) is 3.12. The standard InChI is InChI=1S/C14H11F4N/c15-13-6-9(8-19)5-11(7-13)10-1-3-12(4-2-10)14(16,17)18/h1-7H,8,19H2. The van der Waals surface area contributed by atoms with Gasteiger partial charge in [0.2, 0.25) is 0 Å². The van der Waals surface area contributed by atoms with E-state index in [-0.39, 0.29) is 6.54 Å². The van der Waals surface area contributed by atoms with Gasteiger partial charge in [0, 0.05) is 6.54 Å². The lowest BCUT2D eigenvalue weighted by Gasteiger charge is -2.09. The van der Waals surface area contributed by atoms with Gasteiger partial charge in [-0.2, -0.15) is 13.2 Å².